The van der Waals surface area contributed by atoms with Gasteiger partial charge >= 0.3 is 11.8 Å². The Labute approximate surface area is 96.5 Å². The van der Waals surface area contributed by atoms with Crippen LogP contribution in [0.1, 0.15) is 20.8 Å². The van der Waals surface area contributed by atoms with E-state index in [1.54, 1.807) is 20.8 Å². The topological polar surface area (TPSA) is 89.9 Å². The van der Waals surface area contributed by atoms with Crippen LogP contribution in [-0.2, 0) is 4.74 Å². The molecule has 0 radical (unpaired) electrons. The molecule has 0 saturated carbocycles. The van der Waals surface area contributed by atoms with Crippen molar-refractivity contribution in [2.45, 2.75) is 26.4 Å². The molecule has 0 bridgehead atoms. The van der Waals surface area contributed by atoms with E-state index in [0.29, 0.717) is 11.2 Å². The van der Waals surface area contributed by atoms with Crippen LogP contribution in [-0.4, -0.2) is 31.2 Å². The quantitative estimate of drug-likeness (QED) is 0.734. The fourth-order valence-electron chi connectivity index (χ4n) is 1.34. The van der Waals surface area contributed by atoms with Crippen molar-refractivity contribution in [2.24, 2.45) is 0 Å². The number of nitrogens with zero attached hydrogens (tertiary/aromatic N) is 3. The van der Waals surface area contributed by atoms with Crippen LogP contribution >= 0.6 is 0 Å². The summed E-state index contributed by atoms with van der Waals surface area (Å²) < 4.78 is 6.00. The van der Waals surface area contributed by atoms with Gasteiger partial charge in [-0.2, -0.15) is 4.57 Å². The molecule has 2 aromatic heterocycles. The van der Waals surface area contributed by atoms with E-state index in [0.717, 1.165) is 4.57 Å². The van der Waals surface area contributed by atoms with Gasteiger partial charge in [-0.15, -0.1) is 0 Å². The molecule has 0 aromatic carbocycles. The fraction of sp³-hybridized carbons (Fsp3) is 0.400. The molecular formula is C10H12N4O3. The predicted octanol–water partition coefficient (Wildman–Crippen LogP) is 0.903. The van der Waals surface area contributed by atoms with E-state index in [9.17, 15) is 9.59 Å². The number of nitrogens with one attached hydrogen (secondary N) is 1. The van der Waals surface area contributed by atoms with Crippen LogP contribution in [0, 0.1) is 0 Å². The molecule has 90 valence electrons. The summed E-state index contributed by atoms with van der Waals surface area (Å²) >= 11 is 0. The molecule has 0 spiro atoms. The number of hydrogen-bond donors (Lipinski definition) is 1. The number of rotatable bonds is 0. The Hall–Kier alpha value is -2.18. The summed E-state index contributed by atoms with van der Waals surface area (Å²) in [5.41, 5.74) is -0.659. The first-order valence-corrected chi connectivity index (χ1v) is 5.02. The molecule has 0 unspecified atom stereocenters. The number of H-pyrrole nitrogens is 1. The van der Waals surface area contributed by atoms with E-state index in [-0.39, 0.29) is 0 Å². The minimum absolute atomic E-state index is 0.298. The number of aromatic amines is 1. The van der Waals surface area contributed by atoms with Crippen molar-refractivity contribution in [2.75, 3.05) is 0 Å². The number of carbonyl (C=O) groups excluding carboxylic acids is 1. The Morgan fingerprint density at radius 2 is 2.18 bits per heavy atom. The van der Waals surface area contributed by atoms with Gasteiger partial charge in [-0.1, -0.05) is 0 Å². The molecule has 0 fully saturated rings. The molecule has 2 rings (SSSR count). The smallest absolute Gasteiger partial charge is 0.423 e. The normalized spacial score (nSPS) is 11.7. The second-order valence-electron chi connectivity index (χ2n) is 4.50. The van der Waals surface area contributed by atoms with Gasteiger partial charge in [-0.25, -0.2) is 19.6 Å². The lowest BCUT2D eigenvalue weighted by Gasteiger charge is -2.19. The zero-order valence-electron chi connectivity index (χ0n) is 9.72. The summed E-state index contributed by atoms with van der Waals surface area (Å²) in [6.45, 7) is 5.17. The summed E-state index contributed by atoms with van der Waals surface area (Å²) in [7, 11) is 0. The van der Waals surface area contributed by atoms with Crippen LogP contribution in [0.2, 0.25) is 0 Å². The van der Waals surface area contributed by atoms with E-state index in [1.807, 2.05) is 0 Å². The van der Waals surface area contributed by atoms with E-state index >= 15 is 0 Å². The highest BCUT2D eigenvalue weighted by Gasteiger charge is 2.21. The average molecular weight is 236 g/mol. The van der Waals surface area contributed by atoms with Crippen molar-refractivity contribution >= 4 is 17.3 Å². The van der Waals surface area contributed by atoms with Crippen molar-refractivity contribution in [3.8, 4) is 0 Å². The zero-order valence-corrected chi connectivity index (χ0v) is 9.72. The molecule has 0 aliphatic rings. The fourth-order valence-corrected chi connectivity index (χ4v) is 1.34. The molecule has 7 nitrogen and oxygen atoms in total. The standard InChI is InChI=1S/C10H12N4O3/c1-10(2,3)17-9(16)14-6-4-11-5-12-7(6)13-8(14)15/h4-5H,1-3H3,(H,11,12,13,15). The Kier molecular flexibility index (Phi) is 2.45. The molecule has 7 heteroatoms. The molecule has 0 aliphatic heterocycles. The third-order valence-corrected chi connectivity index (χ3v) is 1.94. The van der Waals surface area contributed by atoms with Crippen molar-refractivity contribution in [3.05, 3.63) is 23.0 Å². The number of fused-ring (bicyclic) bond motifs is 1. The highest BCUT2D eigenvalue weighted by Crippen LogP contribution is 2.11. The number of carbonyl (C=O) groups is 1. The maximum Gasteiger partial charge on any atom is 0.423 e. The summed E-state index contributed by atoms with van der Waals surface area (Å²) in [5.74, 6) is 0. The minimum Gasteiger partial charge on any atom is -0.443 e. The molecule has 2 heterocycles. The van der Waals surface area contributed by atoms with Gasteiger partial charge in [-0.05, 0) is 20.8 Å². The van der Waals surface area contributed by atoms with Crippen LogP contribution in [0.15, 0.2) is 17.3 Å². The minimum atomic E-state index is -0.747. The number of aromatic nitrogens is 4. The van der Waals surface area contributed by atoms with Crippen LogP contribution in [0.3, 0.4) is 0 Å². The molecule has 17 heavy (non-hydrogen) atoms. The van der Waals surface area contributed by atoms with Gasteiger partial charge in [0.2, 0.25) is 0 Å². The maximum atomic E-state index is 11.8. The lowest BCUT2D eigenvalue weighted by molar-refractivity contribution is 0.0538. The first kappa shape index (κ1) is 11.3. The Morgan fingerprint density at radius 1 is 1.47 bits per heavy atom. The third-order valence-electron chi connectivity index (χ3n) is 1.94. The highest BCUT2D eigenvalue weighted by molar-refractivity contribution is 5.83. The SMILES string of the molecule is CC(C)(C)OC(=O)n1c(=O)[nH]c2ncncc21. The number of hydrogen-bond acceptors (Lipinski definition) is 5. The predicted molar refractivity (Wildman–Crippen MR) is 59.8 cm³/mol. The van der Waals surface area contributed by atoms with Crippen molar-refractivity contribution in [3.63, 3.8) is 0 Å². The first-order chi connectivity index (χ1) is 7.88. The first-order valence-electron chi connectivity index (χ1n) is 5.02. The average Bonchev–Trinajstić information content (AvgIpc) is 2.50. The molecule has 0 saturated heterocycles. The summed E-state index contributed by atoms with van der Waals surface area (Å²) in [5, 5.41) is 0. The number of ether oxygens (including phenoxy) is 1. The second kappa shape index (κ2) is 3.69. The molecular weight excluding hydrogens is 224 g/mol. The Morgan fingerprint density at radius 3 is 2.82 bits per heavy atom. The summed E-state index contributed by atoms with van der Waals surface area (Å²) in [6.07, 6.45) is 1.92. The monoisotopic (exact) mass is 236 g/mol. The van der Waals surface area contributed by atoms with E-state index in [4.69, 9.17) is 4.74 Å². The highest BCUT2D eigenvalue weighted by atomic mass is 16.6. The molecule has 0 atom stereocenters. The lowest BCUT2D eigenvalue weighted by Crippen LogP contribution is -2.32. The van der Waals surface area contributed by atoms with Gasteiger partial charge in [0.1, 0.15) is 17.4 Å². The van der Waals surface area contributed by atoms with Crippen LogP contribution in [0.5, 0.6) is 0 Å². The molecule has 2 aromatic rings. The van der Waals surface area contributed by atoms with Crippen molar-refractivity contribution in [1.82, 2.24) is 19.5 Å². The second-order valence-corrected chi connectivity index (χ2v) is 4.50. The molecule has 0 amide bonds. The van der Waals surface area contributed by atoms with Gasteiger partial charge in [0.05, 0.1) is 6.20 Å². The van der Waals surface area contributed by atoms with Gasteiger partial charge in [-0.3, -0.25) is 4.98 Å². The van der Waals surface area contributed by atoms with Gasteiger partial charge in [0.15, 0.2) is 5.65 Å². The van der Waals surface area contributed by atoms with E-state index < -0.39 is 17.4 Å². The summed E-state index contributed by atoms with van der Waals surface area (Å²) in [6, 6.07) is 0. The Bertz CT molecular complexity index is 620. The largest absolute Gasteiger partial charge is 0.443 e. The van der Waals surface area contributed by atoms with Crippen LogP contribution in [0.25, 0.3) is 11.2 Å². The Balaban J connectivity index is 2.52. The van der Waals surface area contributed by atoms with Gasteiger partial charge < -0.3 is 4.74 Å². The van der Waals surface area contributed by atoms with Crippen molar-refractivity contribution in [1.29, 1.82) is 0 Å². The van der Waals surface area contributed by atoms with E-state index in [2.05, 4.69) is 15.0 Å². The van der Waals surface area contributed by atoms with E-state index in [1.165, 1.54) is 12.5 Å². The van der Waals surface area contributed by atoms with Gasteiger partial charge in [0, 0.05) is 0 Å². The lowest BCUT2D eigenvalue weighted by atomic mass is 10.2. The van der Waals surface area contributed by atoms with Gasteiger partial charge in [0.25, 0.3) is 0 Å². The molecule has 0 aliphatic carbocycles. The van der Waals surface area contributed by atoms with Crippen molar-refractivity contribution < 1.29 is 9.53 Å². The molecule has 1 N–H and O–H groups in total. The zero-order chi connectivity index (χ0) is 12.6. The van der Waals surface area contributed by atoms with Crippen LogP contribution < -0.4 is 5.69 Å². The van der Waals surface area contributed by atoms with Crippen LogP contribution in [0.4, 0.5) is 4.79 Å². The number of imidazole rings is 1. The summed E-state index contributed by atoms with van der Waals surface area (Å²) in [4.78, 5) is 33.5. The third kappa shape index (κ3) is 2.17. The maximum absolute atomic E-state index is 11.8.